The van der Waals surface area contributed by atoms with Crippen molar-refractivity contribution in [2.45, 2.75) is 26.5 Å². The van der Waals surface area contributed by atoms with Crippen molar-refractivity contribution in [3.8, 4) is 5.75 Å². The van der Waals surface area contributed by atoms with Gasteiger partial charge < -0.3 is 20.1 Å². The summed E-state index contributed by atoms with van der Waals surface area (Å²) in [6, 6.07) is 4.86. The van der Waals surface area contributed by atoms with Gasteiger partial charge in [-0.2, -0.15) is 8.78 Å². The molecule has 2 N–H and O–H groups in total. The number of hydrogen-bond donors (Lipinski definition) is 2. The van der Waals surface area contributed by atoms with Crippen LogP contribution in [0.3, 0.4) is 0 Å². The average molecular weight is 370 g/mol. The molecule has 9 heteroatoms. The van der Waals surface area contributed by atoms with Gasteiger partial charge in [0.05, 0.1) is 0 Å². The maximum Gasteiger partial charge on any atom is 0.387 e. The number of amides is 2. The molecule has 0 unspecified atom stereocenters. The van der Waals surface area contributed by atoms with Crippen molar-refractivity contribution in [2.75, 3.05) is 13.2 Å². The fraction of sp³-hybridized carbons (Fsp3) is 0.353. The van der Waals surface area contributed by atoms with Gasteiger partial charge in [0.25, 0.3) is 5.91 Å². The van der Waals surface area contributed by atoms with E-state index in [1.54, 1.807) is 6.92 Å². The molecule has 0 aliphatic rings. The Morgan fingerprint density at radius 1 is 1.19 bits per heavy atom. The number of halogens is 2. The zero-order chi connectivity index (χ0) is 19.5. The number of carbonyl (C=O) groups is 3. The molecule has 0 heterocycles. The Morgan fingerprint density at radius 3 is 2.42 bits per heavy atom. The van der Waals surface area contributed by atoms with E-state index in [2.05, 4.69) is 15.4 Å². The molecule has 0 aliphatic heterocycles. The maximum absolute atomic E-state index is 12.0. The molecule has 0 fully saturated rings. The summed E-state index contributed by atoms with van der Waals surface area (Å²) >= 11 is 0. The summed E-state index contributed by atoms with van der Waals surface area (Å²) in [6.07, 6.45) is 2.48. The van der Waals surface area contributed by atoms with E-state index in [4.69, 9.17) is 4.74 Å². The molecule has 142 valence electrons. The van der Waals surface area contributed by atoms with E-state index in [0.717, 1.165) is 6.08 Å². The number of rotatable bonds is 9. The molecule has 2 amide bonds. The molecule has 26 heavy (non-hydrogen) atoms. The summed E-state index contributed by atoms with van der Waals surface area (Å²) in [5, 5.41) is 4.93. The van der Waals surface area contributed by atoms with Crippen molar-refractivity contribution in [2.24, 2.45) is 0 Å². The molecule has 0 aliphatic carbocycles. The highest BCUT2D eigenvalue weighted by molar-refractivity contribution is 5.91. The van der Waals surface area contributed by atoms with Crippen molar-refractivity contribution in [3.63, 3.8) is 0 Å². The topological polar surface area (TPSA) is 93.7 Å². The molecule has 0 aromatic heterocycles. The van der Waals surface area contributed by atoms with Crippen molar-refractivity contribution in [3.05, 3.63) is 35.9 Å². The quantitative estimate of drug-likeness (QED) is 0.507. The molecular formula is C17H20F2N2O5. The van der Waals surface area contributed by atoms with Gasteiger partial charge in [-0.3, -0.25) is 9.59 Å². The second-order valence-corrected chi connectivity index (χ2v) is 5.07. The van der Waals surface area contributed by atoms with Gasteiger partial charge in [-0.05, 0) is 37.6 Å². The molecule has 0 spiro atoms. The van der Waals surface area contributed by atoms with Gasteiger partial charge in [-0.1, -0.05) is 12.1 Å². The normalized spacial score (nSPS) is 11.9. The van der Waals surface area contributed by atoms with Crippen molar-refractivity contribution >= 4 is 23.9 Å². The van der Waals surface area contributed by atoms with Gasteiger partial charge >= 0.3 is 12.6 Å². The van der Waals surface area contributed by atoms with Crippen LogP contribution in [0.4, 0.5) is 8.78 Å². The minimum Gasteiger partial charge on any atom is -0.452 e. The first-order valence-electron chi connectivity index (χ1n) is 7.78. The van der Waals surface area contributed by atoms with Crippen LogP contribution in [0.1, 0.15) is 19.4 Å². The van der Waals surface area contributed by atoms with Crippen LogP contribution in [0.15, 0.2) is 30.3 Å². The molecule has 0 saturated heterocycles. The van der Waals surface area contributed by atoms with E-state index in [1.165, 1.54) is 37.3 Å². The van der Waals surface area contributed by atoms with Gasteiger partial charge in [0, 0.05) is 12.6 Å². The number of hydrogen-bond acceptors (Lipinski definition) is 5. The van der Waals surface area contributed by atoms with Crippen LogP contribution in [-0.2, 0) is 19.1 Å². The summed E-state index contributed by atoms with van der Waals surface area (Å²) in [5.41, 5.74) is 0.554. The molecule has 0 bridgehead atoms. The number of carbonyl (C=O) groups excluding carboxylic acids is 3. The van der Waals surface area contributed by atoms with E-state index in [-0.39, 0.29) is 11.7 Å². The van der Waals surface area contributed by atoms with Crippen LogP contribution in [0.2, 0.25) is 0 Å². The van der Waals surface area contributed by atoms with Crippen molar-refractivity contribution in [1.82, 2.24) is 10.6 Å². The smallest absolute Gasteiger partial charge is 0.387 e. The fourth-order valence-electron chi connectivity index (χ4n) is 1.79. The Bertz CT molecular complexity index is 647. The highest BCUT2D eigenvalue weighted by Crippen LogP contribution is 2.15. The summed E-state index contributed by atoms with van der Waals surface area (Å²) in [4.78, 5) is 34.6. The van der Waals surface area contributed by atoms with Gasteiger partial charge in [0.15, 0.2) is 6.61 Å². The van der Waals surface area contributed by atoms with Gasteiger partial charge in [0.1, 0.15) is 11.8 Å². The minimum absolute atomic E-state index is 0.00220. The largest absolute Gasteiger partial charge is 0.452 e. The highest BCUT2D eigenvalue weighted by atomic mass is 19.3. The van der Waals surface area contributed by atoms with Crippen LogP contribution in [-0.4, -0.2) is 43.6 Å². The van der Waals surface area contributed by atoms with Crippen LogP contribution < -0.4 is 15.4 Å². The molecule has 0 radical (unpaired) electrons. The first kappa shape index (κ1) is 21.1. The summed E-state index contributed by atoms with van der Waals surface area (Å²) in [5.74, 6) is -1.72. The molecule has 1 rings (SSSR count). The third kappa shape index (κ3) is 8.22. The number of alkyl halides is 2. The van der Waals surface area contributed by atoms with Crippen LogP contribution in [0.5, 0.6) is 5.75 Å². The first-order valence-corrected chi connectivity index (χ1v) is 7.78. The molecule has 1 atom stereocenters. The Hall–Kier alpha value is -2.97. The standard InChI is InChI=1S/C17H20F2N2O5/c1-3-20-16(24)11(2)21-14(22)10-25-15(23)9-6-12-4-7-13(8-5-12)26-17(18)19/h4-9,11,17H,3,10H2,1-2H3,(H,20,24)(H,21,22)/b9-6+/t11-/m1/s1. The van der Waals surface area contributed by atoms with E-state index in [0.29, 0.717) is 12.1 Å². The third-order valence-corrected chi connectivity index (χ3v) is 2.98. The predicted octanol–water partition coefficient (Wildman–Crippen LogP) is 1.49. The lowest BCUT2D eigenvalue weighted by atomic mass is 10.2. The lowest BCUT2D eigenvalue weighted by Gasteiger charge is -2.12. The van der Waals surface area contributed by atoms with Crippen molar-refractivity contribution < 1.29 is 32.6 Å². The number of nitrogens with one attached hydrogen (secondary N) is 2. The molecule has 1 aromatic carbocycles. The number of benzene rings is 1. The van der Waals surface area contributed by atoms with Crippen LogP contribution in [0.25, 0.3) is 6.08 Å². The monoisotopic (exact) mass is 370 g/mol. The molecule has 1 aromatic rings. The molecule has 0 saturated carbocycles. The second-order valence-electron chi connectivity index (χ2n) is 5.07. The number of ether oxygens (including phenoxy) is 2. The fourth-order valence-corrected chi connectivity index (χ4v) is 1.79. The SMILES string of the molecule is CCNC(=O)[C@@H](C)NC(=O)COC(=O)/C=C/c1ccc(OC(F)F)cc1. The Morgan fingerprint density at radius 2 is 1.85 bits per heavy atom. The number of esters is 1. The Kier molecular flexibility index (Phi) is 8.76. The van der Waals surface area contributed by atoms with Crippen LogP contribution >= 0.6 is 0 Å². The lowest BCUT2D eigenvalue weighted by molar-refractivity contribution is -0.144. The molecular weight excluding hydrogens is 350 g/mol. The van der Waals surface area contributed by atoms with Crippen molar-refractivity contribution in [1.29, 1.82) is 0 Å². The Labute approximate surface area is 149 Å². The zero-order valence-electron chi connectivity index (χ0n) is 14.3. The summed E-state index contributed by atoms with van der Waals surface area (Å²) < 4.78 is 33.0. The van der Waals surface area contributed by atoms with E-state index >= 15 is 0 Å². The van der Waals surface area contributed by atoms with Gasteiger partial charge in [0.2, 0.25) is 5.91 Å². The van der Waals surface area contributed by atoms with E-state index in [1.807, 2.05) is 0 Å². The van der Waals surface area contributed by atoms with Gasteiger partial charge in [-0.15, -0.1) is 0 Å². The predicted molar refractivity (Wildman–Crippen MR) is 89.4 cm³/mol. The van der Waals surface area contributed by atoms with E-state index < -0.39 is 31.1 Å². The average Bonchev–Trinajstić information content (AvgIpc) is 2.59. The third-order valence-electron chi connectivity index (χ3n) is 2.98. The lowest BCUT2D eigenvalue weighted by Crippen LogP contribution is -2.46. The second kappa shape index (κ2) is 10.8. The first-order chi connectivity index (χ1) is 12.3. The Balaban J connectivity index is 2.40. The highest BCUT2D eigenvalue weighted by Gasteiger charge is 2.15. The maximum atomic E-state index is 12.0. The molecule has 7 nitrogen and oxygen atoms in total. The zero-order valence-corrected chi connectivity index (χ0v) is 14.3. The van der Waals surface area contributed by atoms with Crippen LogP contribution in [0, 0.1) is 0 Å². The minimum atomic E-state index is -2.91. The summed E-state index contributed by atoms with van der Waals surface area (Å²) in [6.45, 7) is 0.252. The van der Waals surface area contributed by atoms with Gasteiger partial charge in [-0.25, -0.2) is 4.79 Å². The summed E-state index contributed by atoms with van der Waals surface area (Å²) in [7, 11) is 0. The number of likely N-dealkylation sites (N-methyl/N-ethyl adjacent to an activating group) is 1. The van der Waals surface area contributed by atoms with E-state index in [9.17, 15) is 23.2 Å².